The molecule has 4 rings (SSSR count). The predicted molar refractivity (Wildman–Crippen MR) is 105 cm³/mol. The smallest absolute Gasteiger partial charge is 0.256 e. The number of hydrogen-bond acceptors (Lipinski definition) is 6. The molecule has 9 heteroatoms. The minimum absolute atomic E-state index is 0.0354. The lowest BCUT2D eigenvalue weighted by Crippen LogP contribution is -2.55. The third-order valence-corrected chi connectivity index (χ3v) is 5.14. The van der Waals surface area contributed by atoms with Crippen molar-refractivity contribution in [1.29, 1.82) is 0 Å². The lowest BCUT2D eigenvalue weighted by Gasteiger charge is -2.41. The van der Waals surface area contributed by atoms with Gasteiger partial charge in [0.2, 0.25) is 0 Å². The zero-order valence-corrected chi connectivity index (χ0v) is 15.5. The van der Waals surface area contributed by atoms with E-state index in [0.29, 0.717) is 31.3 Å². The molecule has 1 aromatic carbocycles. The van der Waals surface area contributed by atoms with Crippen LogP contribution in [0.25, 0.3) is 10.9 Å². The van der Waals surface area contributed by atoms with Gasteiger partial charge >= 0.3 is 0 Å². The number of aromatic amines is 1. The van der Waals surface area contributed by atoms with Crippen LogP contribution < -0.4 is 14.5 Å². The van der Waals surface area contributed by atoms with Crippen molar-refractivity contribution in [2.45, 2.75) is 0 Å². The molecule has 2 aliphatic heterocycles. The van der Waals surface area contributed by atoms with Crippen molar-refractivity contribution in [1.82, 2.24) is 14.9 Å². The number of nitrogens with zero attached hydrogens (tertiary/aromatic N) is 4. The molecular weight excluding hydrogens is 354 g/mol. The molecule has 8 nitrogen and oxygen atoms in total. The van der Waals surface area contributed by atoms with Crippen LogP contribution in [0.1, 0.15) is 5.56 Å². The summed E-state index contributed by atoms with van der Waals surface area (Å²) in [5.74, 6) is 2.38. The Balaban J connectivity index is 1.68. The third kappa shape index (κ3) is 2.73. The second-order valence-electron chi connectivity index (χ2n) is 6.22. The molecule has 1 fully saturated rings. The Morgan fingerprint density at radius 2 is 1.85 bits per heavy atom. The first-order valence-electron chi connectivity index (χ1n) is 8.40. The molecular formula is C17H21N5O3S. The molecule has 0 aliphatic carbocycles. The minimum atomic E-state index is -0.0354. The number of rotatable bonds is 3. The fourth-order valence-electron chi connectivity index (χ4n) is 3.50. The molecule has 2 aliphatic rings. The first-order valence-corrected chi connectivity index (χ1v) is 8.81. The molecule has 2 N–H and O–H groups in total. The van der Waals surface area contributed by atoms with Gasteiger partial charge in [0.15, 0.2) is 11.5 Å². The van der Waals surface area contributed by atoms with E-state index in [1.54, 1.807) is 19.1 Å². The van der Waals surface area contributed by atoms with Gasteiger partial charge in [0.05, 0.1) is 19.7 Å². The first kappa shape index (κ1) is 16.9. The fraction of sp³-hybridized carbons (Fsp3) is 0.412. The van der Waals surface area contributed by atoms with Crippen LogP contribution in [0, 0.1) is 0 Å². The molecule has 26 heavy (non-hydrogen) atoms. The summed E-state index contributed by atoms with van der Waals surface area (Å²) in [4.78, 5) is 9.83. The van der Waals surface area contributed by atoms with Gasteiger partial charge in [-0.05, 0) is 18.3 Å². The van der Waals surface area contributed by atoms with Crippen LogP contribution in [-0.4, -0.2) is 78.5 Å². The molecule has 138 valence electrons. The Bertz CT molecular complexity index is 873. The average Bonchev–Trinajstić information content (AvgIpc) is 3.04. The maximum absolute atomic E-state index is 9.50. The molecule has 0 spiro atoms. The van der Waals surface area contributed by atoms with Crippen molar-refractivity contribution >= 4 is 40.3 Å². The number of hydrazine groups is 1. The fourth-order valence-corrected chi connectivity index (χ4v) is 3.68. The summed E-state index contributed by atoms with van der Waals surface area (Å²) in [6.07, 6.45) is 1.90. The normalized spacial score (nSPS) is 17.5. The van der Waals surface area contributed by atoms with Crippen LogP contribution in [0.3, 0.4) is 0 Å². The van der Waals surface area contributed by atoms with E-state index in [4.69, 9.17) is 21.7 Å². The number of aliphatic hydroxyl groups excluding tert-OH is 1. The van der Waals surface area contributed by atoms with Gasteiger partial charge in [0, 0.05) is 49.4 Å². The molecule has 0 unspecified atom stereocenters. The molecule has 3 heterocycles. The van der Waals surface area contributed by atoms with Gasteiger partial charge in [-0.2, -0.15) is 0 Å². The summed E-state index contributed by atoms with van der Waals surface area (Å²) in [5, 5.41) is 14.9. The van der Waals surface area contributed by atoms with Gasteiger partial charge in [0.1, 0.15) is 12.5 Å². The molecule has 0 amide bonds. The minimum Gasteiger partial charge on any atom is -0.493 e. The number of piperazine rings is 1. The summed E-state index contributed by atoms with van der Waals surface area (Å²) < 4.78 is 10.8. The van der Waals surface area contributed by atoms with Crippen LogP contribution >= 0.6 is 12.2 Å². The Morgan fingerprint density at radius 3 is 2.50 bits per heavy atom. The maximum Gasteiger partial charge on any atom is 0.256 e. The largest absolute Gasteiger partial charge is 0.493 e. The highest BCUT2D eigenvalue weighted by molar-refractivity contribution is 7.79. The van der Waals surface area contributed by atoms with Crippen LogP contribution in [0.15, 0.2) is 17.1 Å². The number of aliphatic imine (C=N–C) groups is 1. The first-order chi connectivity index (χ1) is 12.6. The zero-order chi connectivity index (χ0) is 18.3. The molecule has 1 aromatic heterocycles. The molecule has 1 saturated heterocycles. The van der Waals surface area contributed by atoms with E-state index >= 15 is 0 Å². The molecule has 0 bridgehead atoms. The van der Waals surface area contributed by atoms with Crippen LogP contribution in [-0.2, 0) is 0 Å². The Labute approximate surface area is 156 Å². The summed E-state index contributed by atoms with van der Waals surface area (Å²) in [7, 11) is 3.26. The predicted octanol–water partition coefficient (Wildman–Crippen LogP) is 1.76. The van der Waals surface area contributed by atoms with Crippen molar-refractivity contribution in [3.05, 3.63) is 17.7 Å². The topological polar surface area (TPSA) is 76.6 Å². The number of methoxy groups -OCH3 is 2. The van der Waals surface area contributed by atoms with E-state index in [0.717, 1.165) is 35.4 Å². The monoisotopic (exact) mass is 375 g/mol. The van der Waals surface area contributed by atoms with Gasteiger partial charge < -0.3 is 24.5 Å². The van der Waals surface area contributed by atoms with Gasteiger partial charge in [-0.15, -0.1) is 0 Å². The van der Waals surface area contributed by atoms with Crippen molar-refractivity contribution in [3.8, 4) is 11.5 Å². The van der Waals surface area contributed by atoms with E-state index in [1.165, 1.54) is 0 Å². The van der Waals surface area contributed by atoms with Gasteiger partial charge in [0.25, 0.3) is 5.17 Å². The quantitative estimate of drug-likeness (QED) is 0.792. The molecule has 0 radical (unpaired) electrons. The molecule has 2 aromatic rings. The van der Waals surface area contributed by atoms with Crippen LogP contribution in [0.5, 0.6) is 11.5 Å². The number of benzene rings is 1. The SMILES string of the molecule is COc1cc2[nH]c3c(c2cc1OC)C=NCN3N1CCN(C(O)=S)CC1. The number of hydrogen-bond donors (Lipinski definition) is 2. The number of anilines is 1. The third-order valence-electron chi connectivity index (χ3n) is 4.88. The van der Waals surface area contributed by atoms with Crippen molar-refractivity contribution in [2.24, 2.45) is 4.99 Å². The number of aliphatic hydroxyl groups is 1. The second kappa shape index (κ2) is 6.65. The van der Waals surface area contributed by atoms with Crippen molar-refractivity contribution in [3.63, 3.8) is 0 Å². The highest BCUT2D eigenvalue weighted by Crippen LogP contribution is 2.37. The number of aromatic nitrogens is 1. The van der Waals surface area contributed by atoms with Gasteiger partial charge in [-0.1, -0.05) is 0 Å². The Hall–Kier alpha value is -2.52. The standard InChI is InChI=1S/C17H21N5O3S/c1-24-14-7-11-12-9-18-10-22(16(12)19-13(11)8-15(14)25-2)21-5-3-20(4-6-21)17(23)26/h7-9,19H,3-6,10H2,1-2H3,(H,23,26). The van der Waals surface area contributed by atoms with E-state index in [2.05, 4.69) is 20.0 Å². The van der Waals surface area contributed by atoms with Gasteiger partial charge in [-0.25, -0.2) is 5.01 Å². The number of thiocarbonyl (C=S) groups is 1. The van der Waals surface area contributed by atoms with Crippen molar-refractivity contribution < 1.29 is 14.6 Å². The van der Waals surface area contributed by atoms with Gasteiger partial charge in [-0.3, -0.25) is 10.0 Å². The summed E-state index contributed by atoms with van der Waals surface area (Å²) in [5.41, 5.74) is 2.01. The summed E-state index contributed by atoms with van der Waals surface area (Å²) in [6.45, 7) is 3.45. The summed E-state index contributed by atoms with van der Waals surface area (Å²) in [6, 6.07) is 3.92. The van der Waals surface area contributed by atoms with Crippen LogP contribution in [0.4, 0.5) is 5.82 Å². The number of H-pyrrole nitrogens is 1. The van der Waals surface area contributed by atoms with E-state index in [-0.39, 0.29) is 5.17 Å². The van der Waals surface area contributed by atoms with Crippen molar-refractivity contribution in [2.75, 3.05) is 52.1 Å². The Morgan fingerprint density at radius 1 is 1.15 bits per heavy atom. The molecule has 0 atom stereocenters. The lowest BCUT2D eigenvalue weighted by atomic mass is 10.1. The number of fused-ring (bicyclic) bond motifs is 3. The number of ether oxygens (including phenoxy) is 2. The maximum atomic E-state index is 9.50. The highest BCUT2D eigenvalue weighted by Gasteiger charge is 2.28. The zero-order valence-electron chi connectivity index (χ0n) is 14.7. The van der Waals surface area contributed by atoms with E-state index in [9.17, 15) is 5.11 Å². The van der Waals surface area contributed by atoms with Crippen LogP contribution in [0.2, 0.25) is 0 Å². The summed E-state index contributed by atoms with van der Waals surface area (Å²) >= 11 is 4.86. The van der Waals surface area contributed by atoms with E-state index in [1.807, 2.05) is 18.3 Å². The number of nitrogens with one attached hydrogen (secondary N) is 1. The average molecular weight is 375 g/mol. The van der Waals surface area contributed by atoms with E-state index < -0.39 is 0 Å². The Kier molecular flexibility index (Phi) is 4.33. The molecule has 0 saturated carbocycles. The lowest BCUT2D eigenvalue weighted by molar-refractivity contribution is 0.155. The second-order valence-corrected chi connectivity index (χ2v) is 6.58. The highest BCUT2D eigenvalue weighted by atomic mass is 32.1.